The van der Waals surface area contributed by atoms with Crippen molar-refractivity contribution < 1.29 is 33.6 Å². The van der Waals surface area contributed by atoms with Crippen molar-refractivity contribution in [2.75, 3.05) is 20.8 Å². The van der Waals surface area contributed by atoms with Gasteiger partial charge in [0.15, 0.2) is 11.5 Å². The molecule has 0 fully saturated rings. The highest BCUT2D eigenvalue weighted by Crippen LogP contribution is 2.37. The molecular weight excluding hydrogens is 557 g/mol. The summed E-state index contributed by atoms with van der Waals surface area (Å²) < 4.78 is 21.9. The molecule has 0 saturated heterocycles. The fraction of sp³-hybridized carbons (Fsp3) is 0.333. The number of aryl methyl sites for hydroxylation is 2. The van der Waals surface area contributed by atoms with E-state index in [2.05, 4.69) is 5.32 Å². The van der Waals surface area contributed by atoms with Gasteiger partial charge in [-0.1, -0.05) is 41.4 Å². The van der Waals surface area contributed by atoms with Crippen LogP contribution in [0.15, 0.2) is 42.5 Å². The summed E-state index contributed by atoms with van der Waals surface area (Å²) in [6, 6.07) is 10.8. The Labute approximate surface area is 244 Å². The van der Waals surface area contributed by atoms with Crippen LogP contribution in [-0.4, -0.2) is 43.3 Å². The van der Waals surface area contributed by atoms with Gasteiger partial charge in [-0.05, 0) is 75.6 Å². The van der Waals surface area contributed by atoms with E-state index in [1.807, 2.05) is 20.8 Å². The molecule has 0 saturated carbocycles. The summed E-state index contributed by atoms with van der Waals surface area (Å²) >= 11 is 12.8. The van der Waals surface area contributed by atoms with Crippen LogP contribution in [0, 0.1) is 13.8 Å². The van der Waals surface area contributed by atoms with Crippen molar-refractivity contribution in [2.45, 2.75) is 46.3 Å². The fourth-order valence-corrected chi connectivity index (χ4v) is 4.58. The number of aliphatic hydroxyl groups is 1. The molecule has 0 aliphatic rings. The zero-order valence-electron chi connectivity index (χ0n) is 23.5. The van der Waals surface area contributed by atoms with Gasteiger partial charge >= 0.3 is 11.9 Å². The minimum Gasteiger partial charge on any atom is -0.495 e. The molecule has 8 nitrogen and oxygen atoms in total. The smallest absolute Gasteiger partial charge is 0.345 e. The van der Waals surface area contributed by atoms with E-state index >= 15 is 0 Å². The maximum absolute atomic E-state index is 13.2. The van der Waals surface area contributed by atoms with Gasteiger partial charge in [0.05, 0.1) is 41.5 Å². The Kier molecular flexibility index (Phi) is 10.1. The molecule has 10 heteroatoms. The van der Waals surface area contributed by atoms with Crippen molar-refractivity contribution in [3.05, 3.63) is 80.3 Å². The third-order valence-electron chi connectivity index (χ3n) is 6.02. The van der Waals surface area contributed by atoms with Crippen LogP contribution in [0.5, 0.6) is 23.0 Å². The van der Waals surface area contributed by atoms with Crippen LogP contribution in [0.2, 0.25) is 10.0 Å². The summed E-state index contributed by atoms with van der Waals surface area (Å²) in [5.74, 6) is -1.09. The van der Waals surface area contributed by atoms with Gasteiger partial charge in [-0.15, -0.1) is 0 Å². The highest BCUT2D eigenvalue weighted by molar-refractivity contribution is 6.35. The van der Waals surface area contributed by atoms with Crippen molar-refractivity contribution in [1.82, 2.24) is 5.32 Å². The first kappa shape index (κ1) is 31.2. The number of halogens is 2. The number of nitrogens with one attached hydrogen (secondary N) is 1. The van der Waals surface area contributed by atoms with Crippen molar-refractivity contribution in [3.8, 4) is 23.0 Å². The predicted molar refractivity (Wildman–Crippen MR) is 155 cm³/mol. The van der Waals surface area contributed by atoms with Crippen molar-refractivity contribution in [3.63, 3.8) is 0 Å². The van der Waals surface area contributed by atoms with E-state index in [4.69, 9.17) is 42.1 Å². The van der Waals surface area contributed by atoms with E-state index in [1.165, 1.54) is 38.5 Å². The Morgan fingerprint density at radius 2 is 1.30 bits per heavy atom. The lowest BCUT2D eigenvalue weighted by atomic mass is 10.1. The van der Waals surface area contributed by atoms with E-state index in [1.54, 1.807) is 32.0 Å². The highest BCUT2D eigenvalue weighted by Gasteiger charge is 2.24. The van der Waals surface area contributed by atoms with Gasteiger partial charge in [0, 0.05) is 12.1 Å². The Balaban J connectivity index is 2.00. The second-order valence-corrected chi connectivity index (χ2v) is 10.9. The number of carbonyl (C=O) groups is 2. The molecule has 1 atom stereocenters. The van der Waals surface area contributed by atoms with E-state index in [0.717, 1.165) is 11.1 Å². The number of benzene rings is 3. The van der Waals surface area contributed by atoms with Gasteiger partial charge in [-0.2, -0.15) is 0 Å². The Hall–Kier alpha value is -3.30. The number of carbonyl (C=O) groups excluding carboxylic acids is 2. The van der Waals surface area contributed by atoms with Gasteiger partial charge < -0.3 is 29.4 Å². The molecule has 40 heavy (non-hydrogen) atoms. The molecule has 3 rings (SSSR count). The topological polar surface area (TPSA) is 103 Å². The van der Waals surface area contributed by atoms with E-state index in [-0.39, 0.29) is 44.8 Å². The zero-order chi connectivity index (χ0) is 29.8. The summed E-state index contributed by atoms with van der Waals surface area (Å²) in [4.78, 5) is 26.3. The van der Waals surface area contributed by atoms with Gasteiger partial charge in [0.1, 0.15) is 11.5 Å². The number of hydrogen-bond acceptors (Lipinski definition) is 8. The second kappa shape index (κ2) is 12.9. The molecule has 0 amide bonds. The number of hydrogen-bond donors (Lipinski definition) is 2. The maximum atomic E-state index is 13.2. The molecular formula is C30H33Cl2NO7. The Morgan fingerprint density at radius 1 is 0.825 bits per heavy atom. The second-order valence-electron chi connectivity index (χ2n) is 10.2. The summed E-state index contributed by atoms with van der Waals surface area (Å²) in [7, 11) is 2.90. The largest absolute Gasteiger partial charge is 0.495 e. The third kappa shape index (κ3) is 7.26. The van der Waals surface area contributed by atoms with Crippen molar-refractivity contribution in [2.24, 2.45) is 0 Å². The normalized spacial score (nSPS) is 12.1. The number of esters is 2. The molecule has 0 radical (unpaired) electrons. The molecule has 3 aromatic rings. The molecule has 0 aromatic heterocycles. The molecule has 0 bridgehead atoms. The van der Waals surface area contributed by atoms with Crippen LogP contribution in [0.4, 0.5) is 0 Å². The summed E-state index contributed by atoms with van der Waals surface area (Å²) in [6.45, 7) is 9.73. The third-order valence-corrected chi connectivity index (χ3v) is 6.77. The predicted octanol–water partition coefficient (Wildman–Crippen LogP) is 6.49. The van der Waals surface area contributed by atoms with Gasteiger partial charge in [0.25, 0.3) is 0 Å². The Bertz CT molecular complexity index is 1420. The maximum Gasteiger partial charge on any atom is 0.345 e. The van der Waals surface area contributed by atoms with Crippen LogP contribution in [0.1, 0.15) is 64.3 Å². The standard InChI is InChI=1S/C30H33Cl2NO7/c1-16-8-11-19(24(31)26(16)37-6)28(35)39-22-13-10-18(21(34)15-33-30(3,4)5)14-23(22)40-29(36)20-12-9-17(2)27(38-7)25(20)32/h8-14,21,33-34H,15H2,1-7H3. The molecule has 0 aliphatic heterocycles. The molecule has 0 aliphatic carbocycles. The first-order valence-electron chi connectivity index (χ1n) is 12.4. The van der Waals surface area contributed by atoms with Crippen molar-refractivity contribution >= 4 is 35.1 Å². The van der Waals surface area contributed by atoms with Crippen LogP contribution in [-0.2, 0) is 0 Å². The van der Waals surface area contributed by atoms with Crippen molar-refractivity contribution in [1.29, 1.82) is 0 Å². The van der Waals surface area contributed by atoms with Gasteiger partial charge in [0.2, 0.25) is 0 Å². The fourth-order valence-electron chi connectivity index (χ4n) is 3.85. The number of aliphatic hydroxyl groups excluding tert-OH is 1. The van der Waals surface area contributed by atoms with Crippen LogP contribution < -0.4 is 24.3 Å². The summed E-state index contributed by atoms with van der Waals surface area (Å²) in [5, 5.41) is 14.2. The number of methoxy groups -OCH3 is 2. The molecule has 0 spiro atoms. The van der Waals surface area contributed by atoms with Gasteiger partial charge in [-0.3, -0.25) is 0 Å². The van der Waals surface area contributed by atoms with Gasteiger partial charge in [-0.25, -0.2) is 9.59 Å². The quantitative estimate of drug-likeness (QED) is 0.216. The number of ether oxygens (including phenoxy) is 4. The number of rotatable bonds is 9. The highest BCUT2D eigenvalue weighted by atomic mass is 35.5. The minimum atomic E-state index is -0.944. The van der Waals surface area contributed by atoms with E-state index < -0.39 is 18.0 Å². The lowest BCUT2D eigenvalue weighted by Crippen LogP contribution is -2.38. The molecule has 1 unspecified atom stereocenters. The molecule has 3 aromatic carbocycles. The lowest BCUT2D eigenvalue weighted by Gasteiger charge is -2.23. The number of β-amino-alcohol motifs (C(OH)–C–C–N with tert-alkyl or cyclic N) is 1. The average molecular weight is 591 g/mol. The zero-order valence-corrected chi connectivity index (χ0v) is 25.0. The molecule has 0 heterocycles. The SMILES string of the molecule is COc1c(C)ccc(C(=O)Oc2ccc(C(O)CNC(C)(C)C)cc2OC(=O)c2ccc(C)c(OC)c2Cl)c1Cl. The van der Waals surface area contributed by atoms with Crippen LogP contribution in [0.25, 0.3) is 0 Å². The monoisotopic (exact) mass is 589 g/mol. The van der Waals surface area contributed by atoms with E-state index in [0.29, 0.717) is 17.1 Å². The first-order valence-corrected chi connectivity index (χ1v) is 13.2. The lowest BCUT2D eigenvalue weighted by molar-refractivity contribution is 0.0681. The molecule has 2 N–H and O–H groups in total. The van der Waals surface area contributed by atoms with Crippen LogP contribution in [0.3, 0.4) is 0 Å². The molecule has 214 valence electrons. The summed E-state index contributed by atoms with van der Waals surface area (Å²) in [6.07, 6.45) is -0.944. The van der Waals surface area contributed by atoms with E-state index in [9.17, 15) is 14.7 Å². The summed E-state index contributed by atoms with van der Waals surface area (Å²) in [5.41, 5.74) is 1.79. The average Bonchev–Trinajstić information content (AvgIpc) is 2.88. The first-order chi connectivity index (χ1) is 18.8. The Morgan fingerprint density at radius 3 is 1.75 bits per heavy atom. The minimum absolute atomic E-state index is 0.0491. The van der Waals surface area contributed by atoms with Crippen LogP contribution >= 0.6 is 23.2 Å².